The van der Waals surface area contributed by atoms with Gasteiger partial charge in [-0.3, -0.25) is 14.4 Å². The second kappa shape index (κ2) is 9.19. The highest BCUT2D eigenvalue weighted by atomic mass is 16.2. The first-order valence-corrected chi connectivity index (χ1v) is 9.71. The van der Waals surface area contributed by atoms with Crippen molar-refractivity contribution < 1.29 is 9.59 Å². The van der Waals surface area contributed by atoms with E-state index in [2.05, 4.69) is 5.32 Å². The molecule has 0 bridgehead atoms. The maximum Gasteiger partial charge on any atom is 0.258 e. The molecule has 0 fully saturated rings. The third kappa shape index (κ3) is 4.90. The fraction of sp³-hybridized carbons (Fsp3) is 0.261. The van der Waals surface area contributed by atoms with Crippen molar-refractivity contribution in [2.45, 2.75) is 26.8 Å². The molecule has 0 aliphatic heterocycles. The van der Waals surface area contributed by atoms with E-state index in [0.29, 0.717) is 11.9 Å². The predicted octanol–water partition coefficient (Wildman–Crippen LogP) is 2.87. The Bertz CT molecular complexity index is 1090. The van der Waals surface area contributed by atoms with Crippen molar-refractivity contribution in [3.05, 3.63) is 76.7 Å². The molecule has 1 N–H and O–H groups in total. The lowest BCUT2D eigenvalue weighted by Crippen LogP contribution is -2.36. The standard InChI is InChI=1S/C23H25N3O3/c1-3-26(19-9-6-7-17(2)15-19)22(28)11-13-24-21(27)16-25-14-12-18-8-4-5-10-20(18)23(25)29/h4-10,12,14-15H,3,11,13,16H2,1-2H3,(H,24,27). The van der Waals surface area contributed by atoms with E-state index >= 15 is 0 Å². The summed E-state index contributed by atoms with van der Waals surface area (Å²) >= 11 is 0. The third-order valence-corrected chi connectivity index (χ3v) is 4.79. The second-order valence-electron chi connectivity index (χ2n) is 6.91. The molecule has 150 valence electrons. The number of rotatable bonds is 7. The van der Waals surface area contributed by atoms with Crippen molar-refractivity contribution in [3.63, 3.8) is 0 Å². The van der Waals surface area contributed by atoms with Crippen molar-refractivity contribution >= 4 is 28.3 Å². The predicted molar refractivity (Wildman–Crippen MR) is 115 cm³/mol. The van der Waals surface area contributed by atoms with Gasteiger partial charge in [-0.15, -0.1) is 0 Å². The lowest BCUT2D eigenvalue weighted by atomic mass is 10.2. The summed E-state index contributed by atoms with van der Waals surface area (Å²) < 4.78 is 1.38. The normalized spacial score (nSPS) is 10.7. The Morgan fingerprint density at radius 3 is 2.62 bits per heavy atom. The summed E-state index contributed by atoms with van der Waals surface area (Å²) in [5.41, 5.74) is 1.74. The molecular formula is C23H25N3O3. The Balaban J connectivity index is 1.56. The molecule has 6 nitrogen and oxygen atoms in total. The summed E-state index contributed by atoms with van der Waals surface area (Å²) in [5.74, 6) is -0.352. The number of hydrogen-bond acceptors (Lipinski definition) is 3. The summed E-state index contributed by atoms with van der Waals surface area (Å²) in [5, 5.41) is 4.15. The van der Waals surface area contributed by atoms with Crippen LogP contribution in [0.25, 0.3) is 10.8 Å². The van der Waals surface area contributed by atoms with Gasteiger partial charge in [-0.25, -0.2) is 0 Å². The number of carbonyl (C=O) groups excluding carboxylic acids is 2. The average molecular weight is 391 g/mol. The van der Waals surface area contributed by atoms with Crippen LogP contribution in [0.1, 0.15) is 18.9 Å². The summed E-state index contributed by atoms with van der Waals surface area (Å²) in [6, 6.07) is 16.9. The molecule has 2 aromatic carbocycles. The lowest BCUT2D eigenvalue weighted by Gasteiger charge is -2.21. The molecule has 2 amide bonds. The Labute approximate surface area is 169 Å². The number of benzene rings is 2. The molecule has 1 heterocycles. The minimum Gasteiger partial charge on any atom is -0.354 e. The van der Waals surface area contributed by atoms with Gasteiger partial charge in [-0.2, -0.15) is 0 Å². The quantitative estimate of drug-likeness (QED) is 0.673. The fourth-order valence-electron chi connectivity index (χ4n) is 3.31. The number of fused-ring (bicyclic) bond motifs is 1. The maximum absolute atomic E-state index is 12.5. The highest BCUT2D eigenvalue weighted by Gasteiger charge is 2.14. The number of amides is 2. The van der Waals surface area contributed by atoms with Gasteiger partial charge < -0.3 is 14.8 Å². The zero-order chi connectivity index (χ0) is 20.8. The van der Waals surface area contributed by atoms with E-state index in [1.807, 2.05) is 56.3 Å². The van der Waals surface area contributed by atoms with Gasteiger partial charge >= 0.3 is 0 Å². The molecule has 0 unspecified atom stereocenters. The van der Waals surface area contributed by atoms with E-state index in [0.717, 1.165) is 16.6 Å². The Morgan fingerprint density at radius 1 is 1.07 bits per heavy atom. The van der Waals surface area contributed by atoms with Crippen LogP contribution in [0.15, 0.2) is 65.6 Å². The first-order chi connectivity index (χ1) is 14.0. The van der Waals surface area contributed by atoms with Crippen LogP contribution >= 0.6 is 0 Å². The molecule has 0 aliphatic carbocycles. The number of nitrogens with one attached hydrogen (secondary N) is 1. The number of pyridine rings is 1. The van der Waals surface area contributed by atoms with Crippen LogP contribution in [0.5, 0.6) is 0 Å². The van der Waals surface area contributed by atoms with Crippen LogP contribution in [0.2, 0.25) is 0 Å². The van der Waals surface area contributed by atoms with Crippen LogP contribution in [-0.4, -0.2) is 29.5 Å². The minimum absolute atomic E-state index is 0.0544. The Morgan fingerprint density at radius 2 is 1.86 bits per heavy atom. The van der Waals surface area contributed by atoms with Crippen molar-refractivity contribution in [1.82, 2.24) is 9.88 Å². The second-order valence-corrected chi connectivity index (χ2v) is 6.91. The highest BCUT2D eigenvalue weighted by Crippen LogP contribution is 2.16. The summed E-state index contributed by atoms with van der Waals surface area (Å²) in [4.78, 5) is 39.0. The van der Waals surface area contributed by atoms with Crippen LogP contribution in [0.3, 0.4) is 0 Å². The smallest absolute Gasteiger partial charge is 0.258 e. The van der Waals surface area contributed by atoms with Crippen molar-refractivity contribution in [3.8, 4) is 0 Å². The Hall–Kier alpha value is -3.41. The number of aromatic nitrogens is 1. The SMILES string of the molecule is CCN(C(=O)CCNC(=O)Cn1ccc2ccccc2c1=O)c1cccc(C)c1. The van der Waals surface area contributed by atoms with Gasteiger partial charge in [0, 0.05) is 36.8 Å². The average Bonchev–Trinajstić information content (AvgIpc) is 2.71. The topological polar surface area (TPSA) is 71.4 Å². The van der Waals surface area contributed by atoms with Crippen molar-refractivity contribution in [2.24, 2.45) is 0 Å². The number of aryl methyl sites for hydroxylation is 1. The van der Waals surface area contributed by atoms with E-state index < -0.39 is 0 Å². The summed E-state index contributed by atoms with van der Waals surface area (Å²) in [6.45, 7) is 4.61. The van der Waals surface area contributed by atoms with Crippen molar-refractivity contribution in [1.29, 1.82) is 0 Å². The third-order valence-electron chi connectivity index (χ3n) is 4.79. The minimum atomic E-state index is -0.297. The molecule has 3 rings (SSSR count). The molecule has 0 radical (unpaired) electrons. The van der Waals surface area contributed by atoms with E-state index in [-0.39, 0.29) is 36.9 Å². The molecule has 0 atom stereocenters. The molecule has 3 aromatic rings. The van der Waals surface area contributed by atoms with Crippen molar-refractivity contribution in [2.75, 3.05) is 18.0 Å². The molecule has 29 heavy (non-hydrogen) atoms. The first kappa shape index (κ1) is 20.3. The fourth-order valence-corrected chi connectivity index (χ4v) is 3.31. The van der Waals surface area contributed by atoms with Crippen LogP contribution in [0, 0.1) is 6.92 Å². The first-order valence-electron chi connectivity index (χ1n) is 9.71. The van der Waals surface area contributed by atoms with Gasteiger partial charge in [-0.05, 0) is 49.1 Å². The Kier molecular flexibility index (Phi) is 6.44. The molecule has 6 heteroatoms. The summed E-state index contributed by atoms with van der Waals surface area (Å²) in [7, 11) is 0. The highest BCUT2D eigenvalue weighted by molar-refractivity contribution is 5.93. The molecule has 1 aromatic heterocycles. The van der Waals surface area contributed by atoms with Gasteiger partial charge in [0.15, 0.2) is 0 Å². The molecule has 0 saturated carbocycles. The lowest BCUT2D eigenvalue weighted by molar-refractivity contribution is -0.122. The van der Waals surface area contributed by atoms with Crippen LogP contribution in [-0.2, 0) is 16.1 Å². The molecule has 0 aliphatic rings. The monoisotopic (exact) mass is 391 g/mol. The molecule has 0 spiro atoms. The van der Waals surface area contributed by atoms with Gasteiger partial charge in [-0.1, -0.05) is 30.3 Å². The van der Waals surface area contributed by atoms with E-state index in [9.17, 15) is 14.4 Å². The molecule has 0 saturated heterocycles. The van der Waals surface area contributed by atoms with Gasteiger partial charge in [0.05, 0.1) is 0 Å². The zero-order valence-corrected chi connectivity index (χ0v) is 16.7. The number of nitrogens with zero attached hydrogens (tertiary/aromatic N) is 2. The molecular weight excluding hydrogens is 366 g/mol. The summed E-state index contributed by atoms with van der Waals surface area (Å²) in [6.07, 6.45) is 1.81. The van der Waals surface area contributed by atoms with Gasteiger partial charge in [0.25, 0.3) is 5.56 Å². The van der Waals surface area contributed by atoms with E-state index in [4.69, 9.17) is 0 Å². The van der Waals surface area contributed by atoms with Crippen LogP contribution in [0.4, 0.5) is 5.69 Å². The number of anilines is 1. The number of carbonyl (C=O) groups is 2. The number of hydrogen-bond donors (Lipinski definition) is 1. The van der Waals surface area contributed by atoms with Crippen LogP contribution < -0.4 is 15.8 Å². The largest absolute Gasteiger partial charge is 0.354 e. The van der Waals surface area contributed by atoms with Gasteiger partial charge in [0.2, 0.25) is 11.8 Å². The zero-order valence-electron chi connectivity index (χ0n) is 16.7. The van der Waals surface area contributed by atoms with E-state index in [1.54, 1.807) is 23.2 Å². The van der Waals surface area contributed by atoms with Gasteiger partial charge in [0.1, 0.15) is 6.54 Å². The van der Waals surface area contributed by atoms with E-state index in [1.165, 1.54) is 4.57 Å². The maximum atomic E-state index is 12.5.